The number of carbonyl (C=O) groups excluding carboxylic acids is 1. The lowest BCUT2D eigenvalue weighted by molar-refractivity contribution is -0.116. The van der Waals surface area contributed by atoms with Gasteiger partial charge in [0.25, 0.3) is 0 Å². The van der Waals surface area contributed by atoms with E-state index in [0.29, 0.717) is 16.7 Å². The smallest absolute Gasteiger partial charge is 0.336 e. The number of rotatable bonds is 5. The lowest BCUT2D eigenvalue weighted by atomic mass is 10.2. The summed E-state index contributed by atoms with van der Waals surface area (Å²) in [5.74, 6) is -1.28. The molecule has 146 valence electrons. The standard InChI is InChI=1S/C21H14F2N2O4/c22-13-2-4-15(16(23)10-13)18-11-24-20(28-18)7-6-19(26)25-14-3-5-17-12(9-14)1-8-21(27)29-17/h1-5,8-11H,6-7H2,(H,25,26). The van der Waals surface area contributed by atoms with Crippen LogP contribution in [0.1, 0.15) is 12.3 Å². The first-order chi connectivity index (χ1) is 14.0. The van der Waals surface area contributed by atoms with E-state index in [1.165, 1.54) is 18.3 Å². The zero-order valence-electron chi connectivity index (χ0n) is 14.9. The minimum absolute atomic E-state index is 0.0910. The third-order valence-corrected chi connectivity index (χ3v) is 4.22. The monoisotopic (exact) mass is 396 g/mol. The Morgan fingerprint density at radius 1 is 1.03 bits per heavy atom. The lowest BCUT2D eigenvalue weighted by Gasteiger charge is -2.05. The van der Waals surface area contributed by atoms with Crippen molar-refractivity contribution < 1.29 is 22.4 Å². The molecule has 6 nitrogen and oxygen atoms in total. The number of aryl methyl sites for hydroxylation is 1. The number of hydrogen-bond acceptors (Lipinski definition) is 5. The number of carbonyl (C=O) groups is 1. The Kier molecular flexibility index (Phi) is 4.90. The van der Waals surface area contributed by atoms with E-state index in [9.17, 15) is 18.4 Å². The van der Waals surface area contributed by atoms with Gasteiger partial charge in [-0.3, -0.25) is 4.79 Å². The van der Waals surface area contributed by atoms with E-state index in [0.717, 1.165) is 12.1 Å². The van der Waals surface area contributed by atoms with Gasteiger partial charge < -0.3 is 14.2 Å². The predicted molar refractivity (Wildman–Crippen MR) is 101 cm³/mol. The highest BCUT2D eigenvalue weighted by atomic mass is 19.1. The minimum Gasteiger partial charge on any atom is -0.441 e. The Bertz CT molecular complexity index is 1260. The second kappa shape index (κ2) is 7.67. The number of benzene rings is 2. The average molecular weight is 396 g/mol. The van der Waals surface area contributed by atoms with Crippen molar-refractivity contribution in [2.45, 2.75) is 12.8 Å². The van der Waals surface area contributed by atoms with Crippen LogP contribution in [0.15, 0.2) is 68.4 Å². The van der Waals surface area contributed by atoms with Gasteiger partial charge in [0.1, 0.15) is 17.2 Å². The van der Waals surface area contributed by atoms with E-state index >= 15 is 0 Å². The number of halogens is 2. The van der Waals surface area contributed by atoms with Crippen molar-refractivity contribution in [3.63, 3.8) is 0 Å². The van der Waals surface area contributed by atoms with Crippen LogP contribution in [0.3, 0.4) is 0 Å². The lowest BCUT2D eigenvalue weighted by Crippen LogP contribution is -2.12. The molecule has 2 aromatic heterocycles. The van der Waals surface area contributed by atoms with Crippen LogP contribution in [-0.4, -0.2) is 10.9 Å². The molecular weight excluding hydrogens is 382 g/mol. The van der Waals surface area contributed by atoms with Gasteiger partial charge >= 0.3 is 5.63 Å². The number of nitrogens with zero attached hydrogens (tertiary/aromatic N) is 1. The molecule has 0 bridgehead atoms. The molecule has 0 aliphatic carbocycles. The maximum atomic E-state index is 13.8. The van der Waals surface area contributed by atoms with Crippen LogP contribution in [0.5, 0.6) is 0 Å². The van der Waals surface area contributed by atoms with Gasteiger partial charge in [-0.05, 0) is 36.4 Å². The van der Waals surface area contributed by atoms with E-state index in [1.807, 2.05) is 0 Å². The van der Waals surface area contributed by atoms with Crippen LogP contribution < -0.4 is 10.9 Å². The van der Waals surface area contributed by atoms with Crippen molar-refractivity contribution >= 4 is 22.6 Å². The second-order valence-corrected chi connectivity index (χ2v) is 6.30. The third kappa shape index (κ3) is 4.21. The van der Waals surface area contributed by atoms with Crippen LogP contribution in [0.4, 0.5) is 14.5 Å². The highest BCUT2D eigenvalue weighted by molar-refractivity contribution is 5.93. The summed E-state index contributed by atoms with van der Waals surface area (Å²) >= 11 is 0. The molecular formula is C21H14F2N2O4. The first kappa shape index (κ1) is 18.5. The molecule has 0 aliphatic heterocycles. The zero-order valence-corrected chi connectivity index (χ0v) is 14.9. The summed E-state index contributed by atoms with van der Waals surface area (Å²) in [6.45, 7) is 0. The molecule has 4 rings (SSSR count). The van der Waals surface area contributed by atoms with Gasteiger partial charge in [0.05, 0.1) is 11.8 Å². The molecule has 2 heterocycles. The molecule has 0 saturated carbocycles. The number of aromatic nitrogens is 1. The van der Waals surface area contributed by atoms with E-state index in [1.54, 1.807) is 24.3 Å². The van der Waals surface area contributed by atoms with Gasteiger partial charge in [0.15, 0.2) is 11.7 Å². The summed E-state index contributed by atoms with van der Waals surface area (Å²) in [5, 5.41) is 3.42. The van der Waals surface area contributed by atoms with Crippen LogP contribution in [0, 0.1) is 11.6 Å². The Balaban J connectivity index is 1.39. The van der Waals surface area contributed by atoms with Gasteiger partial charge in [-0.15, -0.1) is 0 Å². The number of hydrogen-bond donors (Lipinski definition) is 1. The van der Waals surface area contributed by atoms with Gasteiger partial charge in [0, 0.05) is 36.0 Å². The largest absolute Gasteiger partial charge is 0.441 e. The normalized spacial score (nSPS) is 11.0. The number of nitrogens with one attached hydrogen (secondary N) is 1. The molecule has 0 aliphatic rings. The zero-order chi connectivity index (χ0) is 20.4. The first-order valence-corrected chi connectivity index (χ1v) is 8.72. The molecule has 0 saturated heterocycles. The Morgan fingerprint density at radius 2 is 1.90 bits per heavy atom. The van der Waals surface area contributed by atoms with E-state index < -0.39 is 17.3 Å². The van der Waals surface area contributed by atoms with Crippen molar-refractivity contribution in [1.29, 1.82) is 0 Å². The number of fused-ring (bicyclic) bond motifs is 1. The third-order valence-electron chi connectivity index (χ3n) is 4.22. The van der Waals surface area contributed by atoms with Crippen molar-refractivity contribution in [2.75, 3.05) is 5.32 Å². The highest BCUT2D eigenvalue weighted by Gasteiger charge is 2.13. The number of oxazole rings is 1. The molecule has 0 fully saturated rings. The van der Waals surface area contributed by atoms with Crippen molar-refractivity contribution in [3.05, 3.63) is 82.7 Å². The van der Waals surface area contributed by atoms with E-state index in [2.05, 4.69) is 10.3 Å². The fourth-order valence-electron chi connectivity index (χ4n) is 2.83. The maximum absolute atomic E-state index is 13.8. The molecule has 0 unspecified atom stereocenters. The fourth-order valence-corrected chi connectivity index (χ4v) is 2.83. The van der Waals surface area contributed by atoms with Crippen molar-refractivity contribution in [2.24, 2.45) is 0 Å². The summed E-state index contributed by atoms with van der Waals surface area (Å²) < 4.78 is 37.3. The van der Waals surface area contributed by atoms with Gasteiger partial charge in [0.2, 0.25) is 5.91 Å². The molecule has 0 radical (unpaired) electrons. The summed E-state index contributed by atoms with van der Waals surface area (Å²) in [4.78, 5) is 27.4. The summed E-state index contributed by atoms with van der Waals surface area (Å²) in [6, 6.07) is 11.0. The minimum atomic E-state index is -0.752. The van der Waals surface area contributed by atoms with Crippen molar-refractivity contribution in [3.8, 4) is 11.3 Å². The van der Waals surface area contributed by atoms with E-state index in [-0.39, 0.29) is 36.0 Å². The predicted octanol–water partition coefficient (Wildman–Crippen LogP) is 4.30. The Hall–Kier alpha value is -3.81. The quantitative estimate of drug-likeness (QED) is 0.509. The number of anilines is 1. The average Bonchev–Trinajstić information content (AvgIpc) is 3.15. The fraction of sp³-hybridized carbons (Fsp3) is 0.0952. The summed E-state index contributed by atoms with van der Waals surface area (Å²) in [5.41, 5.74) is 0.631. The number of amides is 1. The molecule has 1 N–H and O–H groups in total. The van der Waals surface area contributed by atoms with Gasteiger partial charge in [-0.1, -0.05) is 0 Å². The molecule has 4 aromatic rings. The second-order valence-electron chi connectivity index (χ2n) is 6.30. The maximum Gasteiger partial charge on any atom is 0.336 e. The Labute approximate surface area is 162 Å². The molecule has 0 atom stereocenters. The molecule has 2 aromatic carbocycles. The summed E-state index contributed by atoms with van der Waals surface area (Å²) in [6.07, 6.45) is 1.63. The van der Waals surface area contributed by atoms with Gasteiger partial charge in [-0.25, -0.2) is 18.6 Å². The topological polar surface area (TPSA) is 85.3 Å². The van der Waals surface area contributed by atoms with Crippen LogP contribution >= 0.6 is 0 Å². The van der Waals surface area contributed by atoms with Crippen LogP contribution in [-0.2, 0) is 11.2 Å². The van der Waals surface area contributed by atoms with Crippen molar-refractivity contribution in [1.82, 2.24) is 4.98 Å². The Morgan fingerprint density at radius 3 is 2.72 bits per heavy atom. The molecule has 29 heavy (non-hydrogen) atoms. The molecule has 8 heteroatoms. The first-order valence-electron chi connectivity index (χ1n) is 8.72. The van der Waals surface area contributed by atoms with Crippen LogP contribution in [0.2, 0.25) is 0 Å². The van der Waals surface area contributed by atoms with Crippen LogP contribution in [0.25, 0.3) is 22.3 Å². The highest BCUT2D eigenvalue weighted by Crippen LogP contribution is 2.24. The van der Waals surface area contributed by atoms with E-state index in [4.69, 9.17) is 8.83 Å². The molecule has 0 spiro atoms. The van der Waals surface area contributed by atoms with Gasteiger partial charge in [-0.2, -0.15) is 0 Å². The SMILES string of the molecule is O=C(CCc1ncc(-c2ccc(F)cc2F)o1)Nc1ccc2oc(=O)ccc2c1. The molecule has 1 amide bonds. The summed E-state index contributed by atoms with van der Waals surface area (Å²) in [7, 11) is 0.